The van der Waals surface area contributed by atoms with Crippen molar-refractivity contribution in [2.24, 2.45) is 5.92 Å². The zero-order valence-corrected chi connectivity index (χ0v) is 17.5. The summed E-state index contributed by atoms with van der Waals surface area (Å²) in [5, 5.41) is 6.46. The maximum atomic E-state index is 12.1. The molecule has 0 aliphatic rings. The second-order valence-corrected chi connectivity index (χ2v) is 7.31. The Morgan fingerprint density at radius 1 is 1.03 bits per heavy atom. The third-order valence-electron chi connectivity index (χ3n) is 4.47. The number of ether oxygens (including phenoxy) is 1. The van der Waals surface area contributed by atoms with Gasteiger partial charge in [0.25, 0.3) is 0 Å². The molecule has 7 nitrogen and oxygen atoms in total. The lowest BCUT2D eigenvalue weighted by molar-refractivity contribution is 0.0459. The Morgan fingerprint density at radius 3 is 2.37 bits per heavy atom. The van der Waals surface area contributed by atoms with Crippen molar-refractivity contribution < 1.29 is 9.53 Å². The third kappa shape index (κ3) is 5.26. The number of para-hydroxylation sites is 1. The zero-order chi connectivity index (χ0) is 21.5. The molecule has 2 aromatic carbocycles. The fourth-order valence-corrected chi connectivity index (χ4v) is 2.82. The van der Waals surface area contributed by atoms with Crippen molar-refractivity contribution in [2.45, 2.75) is 27.2 Å². The molecule has 3 rings (SSSR count). The monoisotopic (exact) mass is 405 g/mol. The van der Waals surface area contributed by atoms with Gasteiger partial charge in [-0.05, 0) is 48.2 Å². The molecule has 0 radical (unpaired) electrons. The van der Waals surface area contributed by atoms with Crippen LogP contribution in [-0.4, -0.2) is 22.5 Å². The van der Waals surface area contributed by atoms with Crippen molar-refractivity contribution in [3.63, 3.8) is 0 Å². The summed E-state index contributed by atoms with van der Waals surface area (Å²) in [5.74, 6) is 0.972. The number of carbonyl (C=O) groups is 1. The maximum Gasteiger partial charge on any atom is 0.338 e. The highest BCUT2D eigenvalue weighted by molar-refractivity contribution is 5.90. The summed E-state index contributed by atoms with van der Waals surface area (Å²) >= 11 is 0. The first-order chi connectivity index (χ1) is 14.5. The third-order valence-corrected chi connectivity index (χ3v) is 4.47. The second-order valence-electron chi connectivity index (χ2n) is 7.31. The van der Waals surface area contributed by atoms with Crippen LogP contribution in [-0.2, 0) is 11.2 Å². The van der Waals surface area contributed by atoms with Gasteiger partial charge in [0, 0.05) is 11.4 Å². The quantitative estimate of drug-likeness (QED) is 0.457. The molecule has 0 saturated carbocycles. The zero-order valence-electron chi connectivity index (χ0n) is 17.5. The van der Waals surface area contributed by atoms with Crippen LogP contribution in [0.25, 0.3) is 0 Å². The molecular weight excluding hydrogens is 378 g/mol. The first kappa shape index (κ1) is 21.1. The molecule has 0 aliphatic heterocycles. The van der Waals surface area contributed by atoms with E-state index in [4.69, 9.17) is 10.5 Å². The Labute approximate surface area is 176 Å². The van der Waals surface area contributed by atoms with Crippen LogP contribution < -0.4 is 16.4 Å². The molecule has 30 heavy (non-hydrogen) atoms. The van der Waals surface area contributed by atoms with Crippen molar-refractivity contribution in [3.8, 4) is 0 Å². The second kappa shape index (κ2) is 9.73. The van der Waals surface area contributed by atoms with Gasteiger partial charge in [-0.3, -0.25) is 0 Å². The molecule has 0 spiro atoms. The van der Waals surface area contributed by atoms with Crippen LogP contribution in [0.15, 0.2) is 54.9 Å². The Balaban J connectivity index is 1.73. The molecule has 1 heterocycles. The summed E-state index contributed by atoms with van der Waals surface area (Å²) in [6.45, 7) is 6.49. The highest BCUT2D eigenvalue weighted by Gasteiger charge is 2.12. The Hall–Kier alpha value is -3.61. The molecule has 1 aromatic heterocycles. The lowest BCUT2D eigenvalue weighted by atomic mass is 10.1. The van der Waals surface area contributed by atoms with E-state index < -0.39 is 0 Å². The molecule has 3 aromatic rings. The normalized spacial score (nSPS) is 10.7. The standard InChI is InChI=1S/C23H27N5O2/c1-4-16-7-5-6-8-19(16)28-22-20(24)21(25-14-26-22)27-18-11-9-17(10-12-18)23(29)30-13-15(2)3/h5-12,14-15H,4,13,24H2,1-3H3,(H2,25,26,27,28). The minimum Gasteiger partial charge on any atom is -0.462 e. The Kier molecular flexibility index (Phi) is 6.85. The number of carbonyl (C=O) groups excluding carboxylic acids is 1. The van der Waals surface area contributed by atoms with Gasteiger partial charge in [0.05, 0.1) is 12.2 Å². The smallest absolute Gasteiger partial charge is 0.338 e. The number of nitrogens with one attached hydrogen (secondary N) is 2. The van der Waals surface area contributed by atoms with Crippen molar-refractivity contribution in [1.29, 1.82) is 0 Å². The summed E-state index contributed by atoms with van der Waals surface area (Å²) in [4.78, 5) is 20.6. The number of benzene rings is 2. The largest absolute Gasteiger partial charge is 0.462 e. The van der Waals surface area contributed by atoms with E-state index in [-0.39, 0.29) is 5.97 Å². The number of aromatic nitrogens is 2. The van der Waals surface area contributed by atoms with Crippen molar-refractivity contribution in [3.05, 3.63) is 66.0 Å². The van der Waals surface area contributed by atoms with Gasteiger partial charge in [-0.15, -0.1) is 0 Å². The van der Waals surface area contributed by atoms with Crippen LogP contribution in [0.1, 0.15) is 36.7 Å². The highest BCUT2D eigenvalue weighted by Crippen LogP contribution is 2.29. The van der Waals surface area contributed by atoms with Crippen molar-refractivity contribution >= 4 is 34.7 Å². The van der Waals surface area contributed by atoms with Crippen molar-refractivity contribution in [1.82, 2.24) is 9.97 Å². The van der Waals surface area contributed by atoms with Crippen LogP contribution in [0, 0.1) is 5.92 Å². The van der Waals surface area contributed by atoms with Crippen LogP contribution >= 0.6 is 0 Å². The van der Waals surface area contributed by atoms with Crippen LogP contribution in [0.5, 0.6) is 0 Å². The average Bonchev–Trinajstić information content (AvgIpc) is 2.75. The van der Waals surface area contributed by atoms with E-state index in [1.807, 2.05) is 32.0 Å². The van der Waals surface area contributed by atoms with E-state index in [1.54, 1.807) is 24.3 Å². The number of anilines is 5. The lowest BCUT2D eigenvalue weighted by Crippen LogP contribution is -2.10. The van der Waals surface area contributed by atoms with Gasteiger partial charge in [0.15, 0.2) is 11.6 Å². The van der Waals surface area contributed by atoms with Gasteiger partial charge in [0.1, 0.15) is 12.0 Å². The van der Waals surface area contributed by atoms with E-state index in [2.05, 4.69) is 33.6 Å². The highest BCUT2D eigenvalue weighted by atomic mass is 16.5. The van der Waals surface area contributed by atoms with Gasteiger partial charge in [-0.1, -0.05) is 39.0 Å². The summed E-state index contributed by atoms with van der Waals surface area (Å²) in [7, 11) is 0. The fourth-order valence-electron chi connectivity index (χ4n) is 2.82. The minimum atomic E-state index is -0.335. The predicted octanol–water partition coefficient (Wildman–Crippen LogP) is 4.92. The van der Waals surface area contributed by atoms with Gasteiger partial charge in [-0.25, -0.2) is 14.8 Å². The SMILES string of the molecule is CCc1ccccc1Nc1ncnc(Nc2ccc(C(=O)OCC(C)C)cc2)c1N. The molecule has 0 bridgehead atoms. The number of nitrogens with two attached hydrogens (primary N) is 1. The minimum absolute atomic E-state index is 0.294. The van der Waals surface area contributed by atoms with Crippen molar-refractivity contribution in [2.75, 3.05) is 23.0 Å². The number of aryl methyl sites for hydroxylation is 1. The molecule has 0 unspecified atom stereocenters. The molecule has 4 N–H and O–H groups in total. The molecule has 0 fully saturated rings. The molecule has 0 atom stereocenters. The van der Waals surface area contributed by atoms with Gasteiger partial charge in [0.2, 0.25) is 0 Å². The van der Waals surface area contributed by atoms with E-state index in [1.165, 1.54) is 11.9 Å². The van der Waals surface area contributed by atoms with Gasteiger partial charge in [-0.2, -0.15) is 0 Å². The number of rotatable bonds is 8. The number of nitrogen functional groups attached to an aromatic ring is 1. The number of hydrogen-bond donors (Lipinski definition) is 3. The number of nitrogens with zero attached hydrogens (tertiary/aromatic N) is 2. The number of esters is 1. The molecule has 0 amide bonds. The van der Waals surface area contributed by atoms with Crippen LogP contribution in [0.2, 0.25) is 0 Å². The molecule has 0 aliphatic carbocycles. The molecule has 7 heteroatoms. The average molecular weight is 406 g/mol. The van der Waals surface area contributed by atoms with Crippen LogP contribution in [0.3, 0.4) is 0 Å². The first-order valence-electron chi connectivity index (χ1n) is 9.97. The fraction of sp³-hybridized carbons (Fsp3) is 0.261. The predicted molar refractivity (Wildman–Crippen MR) is 120 cm³/mol. The molecule has 0 saturated heterocycles. The Morgan fingerprint density at radius 2 is 1.70 bits per heavy atom. The van der Waals surface area contributed by atoms with Gasteiger partial charge < -0.3 is 21.1 Å². The summed E-state index contributed by atoms with van der Waals surface area (Å²) in [5.41, 5.74) is 10.1. The maximum absolute atomic E-state index is 12.1. The lowest BCUT2D eigenvalue weighted by Gasteiger charge is -2.14. The number of hydrogen-bond acceptors (Lipinski definition) is 7. The summed E-state index contributed by atoms with van der Waals surface area (Å²) < 4.78 is 5.25. The molecular formula is C23H27N5O2. The Bertz CT molecular complexity index is 1000. The molecule has 156 valence electrons. The summed E-state index contributed by atoms with van der Waals surface area (Å²) in [6, 6.07) is 15.0. The van der Waals surface area contributed by atoms with E-state index in [0.717, 1.165) is 17.8 Å². The van der Waals surface area contributed by atoms with Crippen LogP contribution in [0.4, 0.5) is 28.7 Å². The van der Waals surface area contributed by atoms with E-state index in [9.17, 15) is 4.79 Å². The first-order valence-corrected chi connectivity index (χ1v) is 9.97. The van der Waals surface area contributed by atoms with Gasteiger partial charge >= 0.3 is 5.97 Å². The van der Waals surface area contributed by atoms with E-state index in [0.29, 0.717) is 35.4 Å². The summed E-state index contributed by atoms with van der Waals surface area (Å²) in [6.07, 6.45) is 2.35. The topological polar surface area (TPSA) is 102 Å². The van der Waals surface area contributed by atoms with E-state index >= 15 is 0 Å².